The minimum Gasteiger partial charge on any atom is -0.385 e. The minimum absolute atomic E-state index is 0.311. The van der Waals surface area contributed by atoms with Gasteiger partial charge in [0.2, 0.25) is 10.0 Å². The van der Waals surface area contributed by atoms with Crippen molar-refractivity contribution in [1.82, 2.24) is 8.87 Å². The molecule has 0 aromatic carbocycles. The van der Waals surface area contributed by atoms with Gasteiger partial charge in [-0.3, -0.25) is 0 Å². The van der Waals surface area contributed by atoms with Crippen LogP contribution in [0.5, 0.6) is 0 Å². The monoisotopic (exact) mass is 303 g/mol. The Morgan fingerprint density at radius 2 is 2.15 bits per heavy atom. The molecule has 0 aliphatic carbocycles. The predicted octanol–water partition coefficient (Wildman–Crippen LogP) is 1.01. The molecule has 0 spiro atoms. The van der Waals surface area contributed by atoms with Crippen LogP contribution in [0.1, 0.15) is 25.5 Å². The van der Waals surface area contributed by atoms with Crippen molar-refractivity contribution < 1.29 is 13.2 Å². The summed E-state index contributed by atoms with van der Waals surface area (Å²) in [7, 11) is -0.257. The number of aromatic nitrogens is 1. The Hall–Kier alpha value is -0.890. The lowest BCUT2D eigenvalue weighted by atomic mass is 10.4. The number of nitrogens with zero attached hydrogens (tertiary/aromatic N) is 2. The summed E-state index contributed by atoms with van der Waals surface area (Å²) in [5, 5.41) is 0. The van der Waals surface area contributed by atoms with Crippen LogP contribution in [0.4, 0.5) is 0 Å². The van der Waals surface area contributed by atoms with E-state index in [2.05, 4.69) is 0 Å². The second-order valence-corrected chi connectivity index (χ2v) is 6.78. The van der Waals surface area contributed by atoms with Crippen LogP contribution in [0.25, 0.3) is 0 Å². The topological polar surface area (TPSA) is 77.6 Å². The van der Waals surface area contributed by atoms with Crippen molar-refractivity contribution in [1.29, 1.82) is 0 Å². The molecule has 0 fully saturated rings. The van der Waals surface area contributed by atoms with E-state index in [1.54, 1.807) is 26.4 Å². The molecule has 0 saturated heterocycles. The zero-order chi connectivity index (χ0) is 15.2. The third-order valence-corrected chi connectivity index (χ3v) is 4.99. The molecule has 1 aromatic rings. The molecule has 7 heteroatoms. The van der Waals surface area contributed by atoms with E-state index in [1.165, 1.54) is 4.31 Å². The van der Waals surface area contributed by atoms with Crippen LogP contribution in [-0.4, -0.2) is 44.6 Å². The zero-order valence-electron chi connectivity index (χ0n) is 12.5. The number of rotatable bonds is 9. The predicted molar refractivity (Wildman–Crippen MR) is 78.9 cm³/mol. The SMILES string of the molecule is CCCn1cc(S(=O)(=O)N(C)CCCOC)cc1CN. The first-order valence-electron chi connectivity index (χ1n) is 6.81. The third-order valence-electron chi connectivity index (χ3n) is 3.16. The molecule has 0 saturated carbocycles. The first kappa shape index (κ1) is 17.2. The van der Waals surface area contributed by atoms with E-state index >= 15 is 0 Å². The second kappa shape index (κ2) is 7.78. The molecule has 0 amide bonds. The molecule has 0 atom stereocenters. The van der Waals surface area contributed by atoms with Crippen molar-refractivity contribution in [2.45, 2.75) is 37.8 Å². The van der Waals surface area contributed by atoms with E-state index in [0.717, 1.165) is 18.7 Å². The van der Waals surface area contributed by atoms with E-state index in [9.17, 15) is 8.42 Å². The molecule has 2 N–H and O–H groups in total. The van der Waals surface area contributed by atoms with Gasteiger partial charge in [0, 0.05) is 52.3 Å². The normalized spacial score (nSPS) is 12.2. The summed E-state index contributed by atoms with van der Waals surface area (Å²) in [5.74, 6) is 0. The lowest BCUT2D eigenvalue weighted by molar-refractivity contribution is 0.189. The van der Waals surface area contributed by atoms with Crippen LogP contribution in [0.2, 0.25) is 0 Å². The highest BCUT2D eigenvalue weighted by Gasteiger charge is 2.22. The molecule has 116 valence electrons. The lowest BCUT2D eigenvalue weighted by Gasteiger charge is -2.15. The van der Waals surface area contributed by atoms with E-state index in [0.29, 0.717) is 31.0 Å². The molecule has 0 radical (unpaired) electrons. The van der Waals surface area contributed by atoms with Crippen LogP contribution in [0, 0.1) is 0 Å². The van der Waals surface area contributed by atoms with Gasteiger partial charge in [-0.15, -0.1) is 0 Å². The largest absolute Gasteiger partial charge is 0.385 e. The van der Waals surface area contributed by atoms with Crippen molar-refractivity contribution in [2.24, 2.45) is 5.73 Å². The summed E-state index contributed by atoms with van der Waals surface area (Å²) in [4.78, 5) is 0.311. The maximum Gasteiger partial charge on any atom is 0.244 e. The number of hydrogen-bond acceptors (Lipinski definition) is 4. The number of ether oxygens (including phenoxy) is 1. The Morgan fingerprint density at radius 3 is 2.70 bits per heavy atom. The molecule has 6 nitrogen and oxygen atoms in total. The van der Waals surface area contributed by atoms with Crippen LogP contribution in [-0.2, 0) is 27.8 Å². The molecular formula is C13H25N3O3S. The number of hydrogen-bond donors (Lipinski definition) is 1. The first-order chi connectivity index (χ1) is 9.47. The number of sulfonamides is 1. The highest BCUT2D eigenvalue weighted by molar-refractivity contribution is 7.89. The number of methoxy groups -OCH3 is 1. The molecule has 0 aliphatic rings. The lowest BCUT2D eigenvalue weighted by Crippen LogP contribution is -2.28. The smallest absolute Gasteiger partial charge is 0.244 e. The minimum atomic E-state index is -3.45. The van der Waals surface area contributed by atoms with Gasteiger partial charge in [-0.1, -0.05) is 6.92 Å². The molecular weight excluding hydrogens is 278 g/mol. The Kier molecular flexibility index (Phi) is 6.67. The fraction of sp³-hybridized carbons (Fsp3) is 0.692. The van der Waals surface area contributed by atoms with Crippen LogP contribution in [0.3, 0.4) is 0 Å². The summed E-state index contributed by atoms with van der Waals surface area (Å²) >= 11 is 0. The van der Waals surface area contributed by atoms with Gasteiger partial charge in [0.1, 0.15) is 4.90 Å². The molecule has 20 heavy (non-hydrogen) atoms. The third kappa shape index (κ3) is 4.05. The van der Waals surface area contributed by atoms with Crippen molar-refractivity contribution in [3.05, 3.63) is 18.0 Å². The van der Waals surface area contributed by atoms with Crippen molar-refractivity contribution in [3.63, 3.8) is 0 Å². The summed E-state index contributed by atoms with van der Waals surface area (Å²) in [6.45, 7) is 4.14. The van der Waals surface area contributed by atoms with Gasteiger partial charge >= 0.3 is 0 Å². The van der Waals surface area contributed by atoms with Gasteiger partial charge in [0.15, 0.2) is 0 Å². The molecule has 0 aliphatic heterocycles. The standard InChI is InChI=1S/C13H25N3O3S/c1-4-6-16-11-13(9-12(16)10-14)20(17,18)15(2)7-5-8-19-3/h9,11H,4-8,10,14H2,1-3H3. The van der Waals surface area contributed by atoms with Crippen molar-refractivity contribution in [3.8, 4) is 0 Å². The van der Waals surface area contributed by atoms with Gasteiger partial charge in [0.25, 0.3) is 0 Å². The average Bonchev–Trinajstić information content (AvgIpc) is 2.83. The summed E-state index contributed by atoms with van der Waals surface area (Å²) in [6.07, 6.45) is 3.28. The maximum absolute atomic E-state index is 12.4. The van der Waals surface area contributed by atoms with Crippen LogP contribution >= 0.6 is 0 Å². The summed E-state index contributed by atoms with van der Waals surface area (Å²) in [6, 6.07) is 1.66. The molecule has 1 heterocycles. The van der Waals surface area contributed by atoms with E-state index in [1.807, 2.05) is 11.5 Å². The average molecular weight is 303 g/mol. The number of nitrogens with two attached hydrogens (primary N) is 1. The Bertz CT molecular complexity index is 511. The van der Waals surface area contributed by atoms with Gasteiger partial charge in [0.05, 0.1) is 0 Å². The Balaban J connectivity index is 2.91. The molecule has 0 bridgehead atoms. The summed E-state index contributed by atoms with van der Waals surface area (Å²) in [5.41, 5.74) is 6.51. The highest BCUT2D eigenvalue weighted by atomic mass is 32.2. The van der Waals surface area contributed by atoms with Gasteiger partial charge in [-0.25, -0.2) is 12.7 Å². The Morgan fingerprint density at radius 1 is 1.45 bits per heavy atom. The van der Waals surface area contributed by atoms with Crippen molar-refractivity contribution in [2.75, 3.05) is 27.3 Å². The Labute approximate surface area is 121 Å². The molecule has 0 unspecified atom stereocenters. The molecule has 1 rings (SSSR count). The fourth-order valence-electron chi connectivity index (χ4n) is 2.02. The first-order valence-corrected chi connectivity index (χ1v) is 8.25. The molecule has 1 aromatic heterocycles. The van der Waals surface area contributed by atoms with Crippen molar-refractivity contribution >= 4 is 10.0 Å². The number of aryl methyl sites for hydroxylation is 1. The van der Waals surface area contributed by atoms with E-state index in [-0.39, 0.29) is 0 Å². The zero-order valence-corrected chi connectivity index (χ0v) is 13.3. The fourth-order valence-corrected chi connectivity index (χ4v) is 3.29. The maximum atomic E-state index is 12.4. The van der Waals surface area contributed by atoms with Gasteiger partial charge < -0.3 is 15.0 Å². The van der Waals surface area contributed by atoms with Crippen LogP contribution < -0.4 is 5.73 Å². The van der Waals surface area contributed by atoms with E-state index < -0.39 is 10.0 Å². The highest BCUT2D eigenvalue weighted by Crippen LogP contribution is 2.18. The quantitative estimate of drug-likeness (QED) is 0.691. The van der Waals surface area contributed by atoms with Gasteiger partial charge in [-0.05, 0) is 18.9 Å². The van der Waals surface area contributed by atoms with Gasteiger partial charge in [-0.2, -0.15) is 0 Å². The van der Waals surface area contributed by atoms with Crippen LogP contribution in [0.15, 0.2) is 17.2 Å². The second-order valence-electron chi connectivity index (χ2n) is 4.74. The van der Waals surface area contributed by atoms with E-state index in [4.69, 9.17) is 10.5 Å². The summed E-state index contributed by atoms with van der Waals surface area (Å²) < 4.78 is 33.1.